The lowest BCUT2D eigenvalue weighted by molar-refractivity contribution is -0.135. The molecule has 126 valence electrons. The van der Waals surface area contributed by atoms with Gasteiger partial charge in [-0.15, -0.1) is 0 Å². The molecule has 1 saturated carbocycles. The zero-order chi connectivity index (χ0) is 16.7. The second kappa shape index (κ2) is 5.65. The fourth-order valence-corrected chi connectivity index (χ4v) is 3.83. The average Bonchev–Trinajstić information content (AvgIpc) is 3.07. The van der Waals surface area contributed by atoms with Crippen LogP contribution in [-0.4, -0.2) is 34.4 Å². The number of imidazole rings is 1. The molecule has 0 unspecified atom stereocenters. The molecule has 0 spiro atoms. The van der Waals surface area contributed by atoms with Gasteiger partial charge in [-0.3, -0.25) is 4.79 Å². The molecule has 2 aliphatic rings. The molecule has 1 amide bonds. The standard InChI is InChI=1S/C19H23N3O2/c1-13-12-20-17(21-13)16-4-3-11-22(16)18(23)19(9-10-19)14-5-7-15(24-2)8-6-14/h5-8,12,16H,3-4,9-11H2,1-2H3,(H,20,21)/t16-/m0/s1. The van der Waals surface area contributed by atoms with Gasteiger partial charge < -0.3 is 14.6 Å². The van der Waals surface area contributed by atoms with Crippen LogP contribution in [0, 0.1) is 6.92 Å². The van der Waals surface area contributed by atoms with Crippen molar-refractivity contribution in [2.75, 3.05) is 13.7 Å². The number of H-pyrrole nitrogens is 1. The van der Waals surface area contributed by atoms with E-state index in [9.17, 15) is 4.79 Å². The van der Waals surface area contributed by atoms with Gasteiger partial charge in [0.05, 0.1) is 18.6 Å². The number of likely N-dealkylation sites (tertiary alicyclic amines) is 1. The van der Waals surface area contributed by atoms with Gasteiger partial charge in [-0.2, -0.15) is 0 Å². The number of rotatable bonds is 4. The number of carbonyl (C=O) groups excluding carboxylic acids is 1. The van der Waals surface area contributed by atoms with Crippen molar-refractivity contribution in [2.45, 2.75) is 44.1 Å². The first kappa shape index (κ1) is 15.2. The first-order chi connectivity index (χ1) is 11.6. The molecule has 24 heavy (non-hydrogen) atoms. The molecule has 0 radical (unpaired) electrons. The molecule has 0 bridgehead atoms. The molecule has 1 N–H and O–H groups in total. The van der Waals surface area contributed by atoms with Crippen LogP contribution in [0.1, 0.15) is 48.8 Å². The third kappa shape index (κ3) is 2.39. The van der Waals surface area contributed by atoms with Crippen molar-refractivity contribution in [1.29, 1.82) is 0 Å². The fourth-order valence-electron chi connectivity index (χ4n) is 3.83. The predicted octanol–water partition coefficient (Wildman–Crippen LogP) is 3.12. The van der Waals surface area contributed by atoms with Crippen molar-refractivity contribution >= 4 is 5.91 Å². The lowest BCUT2D eigenvalue weighted by Gasteiger charge is -2.28. The largest absolute Gasteiger partial charge is 0.497 e. The van der Waals surface area contributed by atoms with Crippen LogP contribution in [-0.2, 0) is 10.2 Å². The van der Waals surface area contributed by atoms with Gasteiger partial charge in [0, 0.05) is 18.4 Å². The lowest BCUT2D eigenvalue weighted by Crippen LogP contribution is -2.39. The van der Waals surface area contributed by atoms with Crippen molar-refractivity contribution in [2.24, 2.45) is 0 Å². The molecular weight excluding hydrogens is 302 g/mol. The van der Waals surface area contributed by atoms with Crippen molar-refractivity contribution < 1.29 is 9.53 Å². The van der Waals surface area contributed by atoms with Crippen molar-refractivity contribution in [3.05, 3.63) is 47.5 Å². The Hall–Kier alpha value is -2.30. The van der Waals surface area contributed by atoms with Crippen molar-refractivity contribution in [3.63, 3.8) is 0 Å². The van der Waals surface area contributed by atoms with Gasteiger partial charge >= 0.3 is 0 Å². The summed E-state index contributed by atoms with van der Waals surface area (Å²) in [4.78, 5) is 23.1. The zero-order valence-corrected chi connectivity index (χ0v) is 14.2. The van der Waals surface area contributed by atoms with Crippen LogP contribution in [0.5, 0.6) is 5.75 Å². The Morgan fingerprint density at radius 1 is 1.33 bits per heavy atom. The Kier molecular flexibility index (Phi) is 3.59. The number of aromatic amines is 1. The number of nitrogens with one attached hydrogen (secondary N) is 1. The maximum atomic E-state index is 13.3. The molecule has 1 saturated heterocycles. The number of aryl methyl sites for hydroxylation is 1. The zero-order valence-electron chi connectivity index (χ0n) is 14.2. The van der Waals surface area contributed by atoms with E-state index in [4.69, 9.17) is 4.74 Å². The number of methoxy groups -OCH3 is 1. The maximum absolute atomic E-state index is 13.3. The number of ether oxygens (including phenoxy) is 1. The van der Waals surface area contributed by atoms with Gasteiger partial charge in [0.15, 0.2) is 0 Å². The number of hydrogen-bond donors (Lipinski definition) is 1. The summed E-state index contributed by atoms with van der Waals surface area (Å²) in [5, 5.41) is 0. The molecule has 1 aliphatic carbocycles. The Labute approximate surface area is 142 Å². The molecule has 4 rings (SSSR count). The monoisotopic (exact) mass is 325 g/mol. The van der Waals surface area contributed by atoms with E-state index in [2.05, 4.69) is 9.97 Å². The summed E-state index contributed by atoms with van der Waals surface area (Å²) in [7, 11) is 1.66. The van der Waals surface area contributed by atoms with Crippen LogP contribution >= 0.6 is 0 Å². The summed E-state index contributed by atoms with van der Waals surface area (Å²) in [5.41, 5.74) is 1.81. The second-order valence-electron chi connectivity index (χ2n) is 6.92. The quantitative estimate of drug-likeness (QED) is 0.939. The topological polar surface area (TPSA) is 58.2 Å². The number of amides is 1. The van der Waals surface area contributed by atoms with Gasteiger partial charge in [-0.25, -0.2) is 4.98 Å². The molecule has 1 atom stereocenters. The van der Waals surface area contributed by atoms with Crippen LogP contribution in [0.3, 0.4) is 0 Å². The second-order valence-corrected chi connectivity index (χ2v) is 6.92. The summed E-state index contributed by atoms with van der Waals surface area (Å²) in [6.45, 7) is 2.82. The first-order valence-corrected chi connectivity index (χ1v) is 8.61. The number of nitrogens with zero attached hydrogens (tertiary/aromatic N) is 2. The van der Waals surface area contributed by atoms with Crippen LogP contribution in [0.2, 0.25) is 0 Å². The highest BCUT2D eigenvalue weighted by molar-refractivity contribution is 5.91. The van der Waals surface area contributed by atoms with E-state index in [0.29, 0.717) is 0 Å². The van der Waals surface area contributed by atoms with Crippen LogP contribution in [0.25, 0.3) is 0 Å². The van der Waals surface area contributed by atoms with Gasteiger partial charge in [-0.05, 0) is 50.3 Å². The molecule has 2 fully saturated rings. The number of hydrogen-bond acceptors (Lipinski definition) is 3. The van der Waals surface area contributed by atoms with Gasteiger partial charge in [0.25, 0.3) is 0 Å². The smallest absolute Gasteiger partial charge is 0.233 e. The first-order valence-electron chi connectivity index (χ1n) is 8.61. The highest BCUT2D eigenvalue weighted by Crippen LogP contribution is 2.51. The third-order valence-corrected chi connectivity index (χ3v) is 5.35. The minimum absolute atomic E-state index is 0.0851. The SMILES string of the molecule is COc1ccc(C2(C(=O)N3CCC[C@H]3c3ncc(C)[nH]3)CC2)cc1. The molecule has 5 nitrogen and oxygen atoms in total. The van der Waals surface area contributed by atoms with E-state index < -0.39 is 0 Å². The molecule has 1 aliphatic heterocycles. The normalized spacial score (nSPS) is 21.8. The summed E-state index contributed by atoms with van der Waals surface area (Å²) >= 11 is 0. The summed E-state index contributed by atoms with van der Waals surface area (Å²) < 4.78 is 5.23. The summed E-state index contributed by atoms with van der Waals surface area (Å²) in [5.74, 6) is 2.00. The predicted molar refractivity (Wildman–Crippen MR) is 90.9 cm³/mol. The van der Waals surface area contributed by atoms with Crippen molar-refractivity contribution in [3.8, 4) is 5.75 Å². The lowest BCUT2D eigenvalue weighted by atomic mass is 9.94. The van der Waals surface area contributed by atoms with Crippen LogP contribution < -0.4 is 4.74 Å². The third-order valence-electron chi connectivity index (χ3n) is 5.35. The minimum atomic E-state index is -0.337. The van der Waals surface area contributed by atoms with E-state index in [1.807, 2.05) is 42.3 Å². The minimum Gasteiger partial charge on any atom is -0.497 e. The Balaban J connectivity index is 1.60. The van der Waals surface area contributed by atoms with E-state index in [1.165, 1.54) is 0 Å². The maximum Gasteiger partial charge on any atom is 0.233 e. The Morgan fingerprint density at radius 2 is 2.08 bits per heavy atom. The van der Waals surface area contributed by atoms with Crippen molar-refractivity contribution in [1.82, 2.24) is 14.9 Å². The summed E-state index contributed by atoms with van der Waals surface area (Å²) in [6, 6.07) is 8.04. The van der Waals surface area contributed by atoms with Crippen LogP contribution in [0.4, 0.5) is 0 Å². The van der Waals surface area contributed by atoms with Crippen LogP contribution in [0.15, 0.2) is 30.5 Å². The highest BCUT2D eigenvalue weighted by Gasteiger charge is 2.54. The van der Waals surface area contributed by atoms with E-state index >= 15 is 0 Å². The number of aromatic nitrogens is 2. The number of carbonyl (C=O) groups is 1. The molecule has 1 aromatic heterocycles. The Bertz CT molecular complexity index is 746. The molecule has 1 aromatic carbocycles. The van der Waals surface area contributed by atoms with E-state index in [1.54, 1.807) is 7.11 Å². The van der Waals surface area contributed by atoms with Gasteiger partial charge in [-0.1, -0.05) is 12.1 Å². The Morgan fingerprint density at radius 3 is 2.67 bits per heavy atom. The molecule has 5 heteroatoms. The summed E-state index contributed by atoms with van der Waals surface area (Å²) in [6.07, 6.45) is 5.72. The number of benzene rings is 1. The molecule has 2 heterocycles. The van der Waals surface area contributed by atoms with E-state index in [0.717, 1.165) is 55.1 Å². The van der Waals surface area contributed by atoms with Gasteiger partial charge in [0.1, 0.15) is 11.6 Å². The molecule has 2 aromatic rings. The average molecular weight is 325 g/mol. The van der Waals surface area contributed by atoms with Gasteiger partial charge in [0.2, 0.25) is 5.91 Å². The highest BCUT2D eigenvalue weighted by atomic mass is 16.5. The fraction of sp³-hybridized carbons (Fsp3) is 0.474. The molecular formula is C19H23N3O2. The van der Waals surface area contributed by atoms with E-state index in [-0.39, 0.29) is 17.4 Å².